The number of benzene rings is 2. The van der Waals surface area contributed by atoms with Gasteiger partial charge in [-0.15, -0.1) is 0 Å². The van der Waals surface area contributed by atoms with Crippen LogP contribution < -0.4 is 16.0 Å². The number of anilines is 2. The van der Waals surface area contributed by atoms with Gasteiger partial charge in [-0.05, 0) is 69.2 Å². The molecule has 1 atom stereocenters. The van der Waals surface area contributed by atoms with Gasteiger partial charge >= 0.3 is 18.2 Å². The van der Waals surface area contributed by atoms with Crippen LogP contribution in [0.15, 0.2) is 42.5 Å². The number of hydrogen-bond donors (Lipinski definition) is 3. The topological polar surface area (TPSA) is 95.2 Å². The minimum Gasteiger partial charge on any atom is -0.462 e. The Hall–Kier alpha value is -3.58. The van der Waals surface area contributed by atoms with E-state index in [1.54, 1.807) is 57.7 Å². The van der Waals surface area contributed by atoms with Gasteiger partial charge in [0.1, 0.15) is 6.61 Å². The SMILES string of the molecule is CNc1cccc(CNC(=O)N2CCOCC2)c1NC(=S)N(C)C(C)(COC(=O)C(C)(C)C)c1cccc(C(F)(F)F)c1. The number of likely N-dealkylation sites (N-methyl/N-ethyl adjacent to an activating group) is 1. The molecule has 9 nitrogen and oxygen atoms in total. The van der Waals surface area contributed by atoms with Gasteiger partial charge in [-0.3, -0.25) is 4.79 Å². The molecular formula is C30H40F3N5O4S. The quantitative estimate of drug-likeness (QED) is 0.265. The lowest BCUT2D eigenvalue weighted by Crippen LogP contribution is -2.50. The third-order valence-electron chi connectivity index (χ3n) is 7.33. The predicted octanol–water partition coefficient (Wildman–Crippen LogP) is 5.42. The molecule has 1 aliphatic heterocycles. The number of urea groups is 1. The van der Waals surface area contributed by atoms with E-state index < -0.39 is 28.7 Å². The minimum absolute atomic E-state index is 0.162. The van der Waals surface area contributed by atoms with E-state index in [2.05, 4.69) is 16.0 Å². The van der Waals surface area contributed by atoms with Crippen LogP contribution in [0.2, 0.25) is 0 Å². The molecule has 236 valence electrons. The first-order chi connectivity index (χ1) is 20.1. The number of para-hydroxylation sites is 1. The molecule has 0 saturated carbocycles. The van der Waals surface area contributed by atoms with Crippen LogP contribution in [0, 0.1) is 5.41 Å². The Morgan fingerprint density at radius 1 is 1.05 bits per heavy atom. The van der Waals surface area contributed by atoms with E-state index in [4.69, 9.17) is 21.7 Å². The van der Waals surface area contributed by atoms with Gasteiger partial charge < -0.3 is 35.2 Å². The number of halogens is 3. The van der Waals surface area contributed by atoms with Crippen LogP contribution in [0.4, 0.5) is 29.3 Å². The Morgan fingerprint density at radius 2 is 1.67 bits per heavy atom. The summed E-state index contributed by atoms with van der Waals surface area (Å²) in [5.41, 5.74) is -0.676. The number of nitrogens with one attached hydrogen (secondary N) is 3. The first kappa shape index (κ1) is 33.9. The van der Waals surface area contributed by atoms with Crippen LogP contribution in [0.5, 0.6) is 0 Å². The number of nitrogens with zero attached hydrogens (tertiary/aromatic N) is 2. The Balaban J connectivity index is 1.91. The zero-order valence-corrected chi connectivity index (χ0v) is 26.2. The van der Waals surface area contributed by atoms with E-state index in [1.165, 1.54) is 6.07 Å². The number of ether oxygens (including phenoxy) is 2. The molecule has 0 bridgehead atoms. The lowest BCUT2D eigenvalue weighted by molar-refractivity contribution is -0.156. The van der Waals surface area contributed by atoms with Crippen molar-refractivity contribution < 1.29 is 32.2 Å². The highest BCUT2D eigenvalue weighted by Crippen LogP contribution is 2.36. The van der Waals surface area contributed by atoms with Gasteiger partial charge in [-0.2, -0.15) is 13.2 Å². The summed E-state index contributed by atoms with van der Waals surface area (Å²) in [5.74, 6) is -0.503. The van der Waals surface area contributed by atoms with Crippen molar-refractivity contribution >= 4 is 40.7 Å². The van der Waals surface area contributed by atoms with Crippen LogP contribution in [0.3, 0.4) is 0 Å². The summed E-state index contributed by atoms with van der Waals surface area (Å²) in [6.45, 7) is 8.63. The lowest BCUT2D eigenvalue weighted by Gasteiger charge is -2.41. The lowest BCUT2D eigenvalue weighted by atomic mass is 9.89. The predicted molar refractivity (Wildman–Crippen MR) is 164 cm³/mol. The van der Waals surface area contributed by atoms with Crippen LogP contribution in [-0.4, -0.2) is 73.9 Å². The standard InChI is InChI=1S/C30H40F3N5O4S/c1-28(2,3)25(39)42-19-29(4,21-10-8-11-22(17-21)30(31,32)33)37(6)27(43)36-24-20(9-7-12-23(24)34-5)18-35-26(40)38-13-15-41-16-14-38/h7-12,17,34H,13-16,18-19H2,1-6H3,(H,35,40)(H,36,43). The third kappa shape index (κ3) is 8.50. The summed E-state index contributed by atoms with van der Waals surface area (Å²) in [7, 11) is 3.37. The minimum atomic E-state index is -4.57. The summed E-state index contributed by atoms with van der Waals surface area (Å²) in [4.78, 5) is 28.7. The van der Waals surface area contributed by atoms with Crippen molar-refractivity contribution in [3.8, 4) is 0 Å². The molecule has 0 aromatic heterocycles. The first-order valence-corrected chi connectivity index (χ1v) is 14.3. The van der Waals surface area contributed by atoms with E-state index in [0.29, 0.717) is 37.7 Å². The fourth-order valence-electron chi connectivity index (χ4n) is 4.39. The highest BCUT2D eigenvalue weighted by atomic mass is 32.1. The van der Waals surface area contributed by atoms with Crippen molar-refractivity contribution in [2.45, 2.75) is 46.0 Å². The maximum atomic E-state index is 13.7. The number of esters is 1. The largest absolute Gasteiger partial charge is 0.462 e. The number of thiocarbonyl (C=S) groups is 1. The van der Waals surface area contributed by atoms with Crippen molar-refractivity contribution in [2.24, 2.45) is 5.41 Å². The number of amides is 2. The van der Waals surface area contributed by atoms with E-state index in [9.17, 15) is 22.8 Å². The summed E-state index contributed by atoms with van der Waals surface area (Å²) in [6.07, 6.45) is -4.57. The van der Waals surface area contributed by atoms with Crippen molar-refractivity contribution in [2.75, 3.05) is 57.6 Å². The monoisotopic (exact) mass is 623 g/mol. The fourth-order valence-corrected chi connectivity index (χ4v) is 4.70. The van der Waals surface area contributed by atoms with Gasteiger partial charge in [-0.1, -0.05) is 24.3 Å². The molecule has 2 aromatic rings. The molecule has 3 rings (SSSR count). The second-order valence-corrected chi connectivity index (χ2v) is 11.9. The number of rotatable bonds is 8. The number of alkyl halides is 3. The zero-order chi connectivity index (χ0) is 32.0. The molecule has 13 heteroatoms. The van der Waals surface area contributed by atoms with Crippen molar-refractivity contribution in [3.63, 3.8) is 0 Å². The molecule has 0 radical (unpaired) electrons. The third-order valence-corrected chi connectivity index (χ3v) is 7.71. The summed E-state index contributed by atoms with van der Waals surface area (Å²) < 4.78 is 52.0. The van der Waals surface area contributed by atoms with E-state index in [1.807, 2.05) is 18.2 Å². The summed E-state index contributed by atoms with van der Waals surface area (Å²) in [5, 5.41) is 9.42. The van der Waals surface area contributed by atoms with Crippen molar-refractivity contribution in [1.82, 2.24) is 15.1 Å². The molecule has 0 aliphatic carbocycles. The maximum absolute atomic E-state index is 13.7. The smallest absolute Gasteiger partial charge is 0.416 e. The molecular weight excluding hydrogens is 583 g/mol. The molecule has 0 spiro atoms. The molecule has 43 heavy (non-hydrogen) atoms. The van der Waals surface area contributed by atoms with Gasteiger partial charge in [0.15, 0.2) is 5.11 Å². The second-order valence-electron chi connectivity index (χ2n) is 11.5. The molecule has 1 saturated heterocycles. The van der Waals surface area contributed by atoms with Crippen LogP contribution in [0.25, 0.3) is 0 Å². The Kier molecular flexibility index (Phi) is 10.9. The Bertz CT molecular complexity index is 1310. The molecule has 1 aliphatic rings. The molecule has 2 aromatic carbocycles. The first-order valence-electron chi connectivity index (χ1n) is 13.9. The van der Waals surface area contributed by atoms with Gasteiger partial charge in [0, 0.05) is 33.7 Å². The van der Waals surface area contributed by atoms with Gasteiger partial charge in [-0.25, -0.2) is 4.79 Å². The van der Waals surface area contributed by atoms with E-state index >= 15 is 0 Å². The Morgan fingerprint density at radius 3 is 2.28 bits per heavy atom. The van der Waals surface area contributed by atoms with Gasteiger partial charge in [0.25, 0.3) is 0 Å². The van der Waals surface area contributed by atoms with Crippen LogP contribution in [-0.2, 0) is 32.5 Å². The summed E-state index contributed by atoms with van der Waals surface area (Å²) >= 11 is 5.79. The molecule has 2 amide bonds. The van der Waals surface area contributed by atoms with Gasteiger partial charge in [0.2, 0.25) is 0 Å². The van der Waals surface area contributed by atoms with E-state index in [0.717, 1.165) is 17.7 Å². The van der Waals surface area contributed by atoms with Crippen LogP contribution >= 0.6 is 12.2 Å². The number of hydrogen-bond acceptors (Lipinski definition) is 6. The number of carbonyl (C=O) groups excluding carboxylic acids is 2. The highest BCUT2D eigenvalue weighted by Gasteiger charge is 2.39. The molecule has 1 heterocycles. The zero-order valence-electron chi connectivity index (χ0n) is 25.4. The average Bonchev–Trinajstić information content (AvgIpc) is 2.98. The second kappa shape index (κ2) is 13.8. The van der Waals surface area contributed by atoms with Crippen molar-refractivity contribution in [1.29, 1.82) is 0 Å². The fraction of sp³-hybridized carbons (Fsp3) is 0.500. The van der Waals surface area contributed by atoms with Crippen LogP contribution in [0.1, 0.15) is 44.4 Å². The average molecular weight is 624 g/mol. The molecule has 1 unspecified atom stereocenters. The summed E-state index contributed by atoms with van der Waals surface area (Å²) in [6, 6.07) is 10.2. The maximum Gasteiger partial charge on any atom is 0.416 e. The van der Waals surface area contributed by atoms with Crippen molar-refractivity contribution in [3.05, 3.63) is 59.2 Å². The molecule has 3 N–H and O–H groups in total. The van der Waals surface area contributed by atoms with Gasteiger partial charge in [0.05, 0.1) is 41.1 Å². The molecule has 1 fully saturated rings. The van der Waals surface area contributed by atoms with E-state index in [-0.39, 0.29) is 29.9 Å². The normalized spacial score (nSPS) is 15.2. The highest BCUT2D eigenvalue weighted by molar-refractivity contribution is 7.80. The Labute approximate surface area is 256 Å². The number of carbonyl (C=O) groups is 2. The number of morpholine rings is 1.